The van der Waals surface area contributed by atoms with E-state index in [1.165, 1.54) is 0 Å². The Labute approximate surface area is 161 Å². The lowest BCUT2D eigenvalue weighted by Gasteiger charge is -2.19. The molecular weight excluding hydrogens is 364 g/mol. The number of aromatic nitrogens is 2. The van der Waals surface area contributed by atoms with Crippen molar-refractivity contribution in [2.75, 3.05) is 0 Å². The highest BCUT2D eigenvalue weighted by Gasteiger charge is 2.21. The first kappa shape index (κ1) is 20.6. The number of benzene rings is 1. The predicted molar refractivity (Wildman–Crippen MR) is 101 cm³/mol. The molecule has 0 spiro atoms. The third-order valence-electron chi connectivity index (χ3n) is 3.89. The maximum atomic E-state index is 11.3. The van der Waals surface area contributed by atoms with Crippen molar-refractivity contribution in [3.05, 3.63) is 60.2 Å². The van der Waals surface area contributed by atoms with Crippen molar-refractivity contribution < 1.29 is 24.6 Å². The maximum absolute atomic E-state index is 11.3. The van der Waals surface area contributed by atoms with E-state index < -0.39 is 11.9 Å². The van der Waals surface area contributed by atoms with E-state index >= 15 is 0 Å². The van der Waals surface area contributed by atoms with Crippen LogP contribution in [0.3, 0.4) is 0 Å². The molecule has 2 aromatic rings. The lowest BCUT2D eigenvalue weighted by Crippen LogP contribution is -2.31. The lowest BCUT2D eigenvalue weighted by atomic mass is 9.94. The fourth-order valence-electron chi connectivity index (χ4n) is 2.59. The van der Waals surface area contributed by atoms with Gasteiger partial charge in [-0.2, -0.15) is 5.10 Å². The van der Waals surface area contributed by atoms with Gasteiger partial charge in [0.25, 0.3) is 0 Å². The number of hydrogen-bond acceptors (Lipinski definition) is 5. The van der Waals surface area contributed by atoms with Gasteiger partial charge in [0.05, 0.1) is 5.71 Å². The van der Waals surface area contributed by atoms with Crippen molar-refractivity contribution >= 4 is 23.6 Å². The van der Waals surface area contributed by atoms with E-state index in [-0.39, 0.29) is 11.8 Å². The Morgan fingerprint density at radius 3 is 2.25 bits per heavy atom. The molecule has 1 atom stereocenters. The van der Waals surface area contributed by atoms with Gasteiger partial charge in [-0.15, -0.1) is 0 Å². The van der Waals surface area contributed by atoms with Gasteiger partial charge in [-0.1, -0.05) is 19.1 Å². The third kappa shape index (κ3) is 5.63. The molecule has 0 aliphatic carbocycles. The second kappa shape index (κ2) is 9.26. The second-order valence-corrected chi connectivity index (χ2v) is 6.04. The zero-order chi connectivity index (χ0) is 20.7. The first-order valence-corrected chi connectivity index (χ1v) is 8.39. The van der Waals surface area contributed by atoms with Gasteiger partial charge in [-0.25, -0.2) is 20.0 Å². The summed E-state index contributed by atoms with van der Waals surface area (Å²) in [6, 6.07) is 8.13. The highest BCUT2D eigenvalue weighted by Crippen LogP contribution is 2.18. The monoisotopic (exact) mass is 384 g/mol. The number of carboxylic acid groups (broad SMARTS) is 2. The first-order chi connectivity index (χ1) is 13.3. The highest BCUT2D eigenvalue weighted by molar-refractivity contribution is 6.05. The molecule has 0 radical (unpaired) electrons. The number of carbonyl (C=O) groups excluding carboxylic acids is 1. The number of aryl methyl sites for hydroxylation is 1. The molecular formula is C19H20N4O5. The summed E-state index contributed by atoms with van der Waals surface area (Å²) in [4.78, 5) is 34.6. The Morgan fingerprint density at radius 1 is 1.18 bits per heavy atom. The molecule has 1 amide bonds. The van der Waals surface area contributed by atoms with Crippen LogP contribution >= 0.6 is 0 Å². The van der Waals surface area contributed by atoms with Gasteiger partial charge < -0.3 is 14.8 Å². The Balaban J connectivity index is 0.000000300. The van der Waals surface area contributed by atoms with Crippen molar-refractivity contribution in [3.8, 4) is 5.69 Å². The van der Waals surface area contributed by atoms with Crippen LogP contribution in [-0.4, -0.2) is 43.3 Å². The fourth-order valence-corrected chi connectivity index (χ4v) is 2.59. The number of nitrogens with one attached hydrogen (secondary N) is 1. The van der Waals surface area contributed by atoms with Crippen LogP contribution < -0.4 is 5.43 Å². The molecule has 0 bridgehead atoms. The third-order valence-corrected chi connectivity index (χ3v) is 3.89. The fraction of sp³-hybridized carbons (Fsp3) is 0.211. The van der Waals surface area contributed by atoms with Gasteiger partial charge in [0.2, 0.25) is 5.91 Å². The first-order valence-electron chi connectivity index (χ1n) is 8.39. The molecule has 0 saturated carbocycles. The minimum Gasteiger partial charge on any atom is -0.478 e. The van der Waals surface area contributed by atoms with Crippen molar-refractivity contribution in [2.24, 2.45) is 11.0 Å². The van der Waals surface area contributed by atoms with E-state index in [9.17, 15) is 14.4 Å². The van der Waals surface area contributed by atoms with Gasteiger partial charge in [-0.3, -0.25) is 4.79 Å². The summed E-state index contributed by atoms with van der Waals surface area (Å²) in [5.41, 5.74) is 5.58. The highest BCUT2D eigenvalue weighted by atomic mass is 16.4. The molecule has 146 valence electrons. The number of hydrazone groups is 1. The SMILES string of the molecule is Cc1nccn1-c1ccc(C2=NNC(=O)CC2C)cc1.O=C(O)/C=C/C(=O)O. The lowest BCUT2D eigenvalue weighted by molar-refractivity contribution is -0.134. The smallest absolute Gasteiger partial charge is 0.328 e. The van der Waals surface area contributed by atoms with Crippen LogP contribution in [0.25, 0.3) is 5.69 Å². The average molecular weight is 384 g/mol. The number of aliphatic carboxylic acids is 2. The number of carboxylic acids is 2. The van der Waals surface area contributed by atoms with E-state index in [0.29, 0.717) is 18.6 Å². The standard InChI is InChI=1S/C15H16N4O.C4H4O4/c1-10-9-14(20)17-18-15(10)12-3-5-13(6-4-12)19-8-7-16-11(19)2;5-3(6)1-2-4(7)8/h3-8,10H,9H2,1-2H3,(H,17,20);1-2H,(H,5,6)(H,7,8)/b;2-1+. The number of rotatable bonds is 4. The van der Waals surface area contributed by atoms with E-state index in [2.05, 4.69) is 15.5 Å². The molecule has 9 heteroatoms. The van der Waals surface area contributed by atoms with Crippen molar-refractivity contribution in [1.82, 2.24) is 15.0 Å². The number of imidazole rings is 1. The molecule has 1 unspecified atom stereocenters. The van der Waals surface area contributed by atoms with Gasteiger partial charge in [0, 0.05) is 42.6 Å². The summed E-state index contributed by atoms with van der Waals surface area (Å²) in [5.74, 6) is -1.44. The van der Waals surface area contributed by atoms with Crippen molar-refractivity contribution in [1.29, 1.82) is 0 Å². The Morgan fingerprint density at radius 2 is 1.79 bits per heavy atom. The minimum absolute atomic E-state index is 0.0214. The molecule has 2 heterocycles. The predicted octanol–water partition coefficient (Wildman–Crippen LogP) is 1.75. The minimum atomic E-state index is -1.26. The van der Waals surface area contributed by atoms with Crippen molar-refractivity contribution in [3.63, 3.8) is 0 Å². The van der Waals surface area contributed by atoms with Crippen LogP contribution in [0, 0.1) is 12.8 Å². The van der Waals surface area contributed by atoms with Gasteiger partial charge >= 0.3 is 11.9 Å². The van der Waals surface area contributed by atoms with Crippen LogP contribution in [-0.2, 0) is 14.4 Å². The van der Waals surface area contributed by atoms with Crippen LogP contribution in [0.1, 0.15) is 24.7 Å². The zero-order valence-corrected chi connectivity index (χ0v) is 15.4. The topological polar surface area (TPSA) is 134 Å². The normalized spacial score (nSPS) is 16.0. The van der Waals surface area contributed by atoms with E-state index in [1.807, 2.05) is 48.9 Å². The summed E-state index contributed by atoms with van der Waals surface area (Å²) < 4.78 is 2.03. The molecule has 9 nitrogen and oxygen atoms in total. The number of amides is 1. The molecule has 1 aliphatic rings. The molecule has 3 rings (SSSR count). The zero-order valence-electron chi connectivity index (χ0n) is 15.4. The van der Waals surface area contributed by atoms with Gasteiger partial charge in [0.15, 0.2) is 0 Å². The molecule has 3 N–H and O–H groups in total. The summed E-state index contributed by atoms with van der Waals surface area (Å²) in [5, 5.41) is 19.8. The Bertz CT molecular complexity index is 912. The van der Waals surface area contributed by atoms with E-state index in [0.717, 1.165) is 22.8 Å². The molecule has 0 saturated heterocycles. The van der Waals surface area contributed by atoms with E-state index in [4.69, 9.17) is 10.2 Å². The number of carbonyl (C=O) groups is 3. The van der Waals surface area contributed by atoms with E-state index in [1.54, 1.807) is 6.20 Å². The van der Waals surface area contributed by atoms with Gasteiger partial charge in [0.1, 0.15) is 5.82 Å². The molecule has 28 heavy (non-hydrogen) atoms. The summed E-state index contributed by atoms with van der Waals surface area (Å²) in [7, 11) is 0. The van der Waals surface area contributed by atoms with Crippen LogP contribution in [0.2, 0.25) is 0 Å². The summed E-state index contributed by atoms with van der Waals surface area (Å²) >= 11 is 0. The average Bonchev–Trinajstić information content (AvgIpc) is 3.07. The van der Waals surface area contributed by atoms with Gasteiger partial charge in [-0.05, 0) is 24.6 Å². The molecule has 1 aromatic heterocycles. The largest absolute Gasteiger partial charge is 0.478 e. The van der Waals surface area contributed by atoms with Crippen LogP contribution in [0.4, 0.5) is 0 Å². The second-order valence-electron chi connectivity index (χ2n) is 6.04. The van der Waals surface area contributed by atoms with Crippen LogP contribution in [0.5, 0.6) is 0 Å². The summed E-state index contributed by atoms with van der Waals surface area (Å²) in [6.45, 7) is 3.99. The maximum Gasteiger partial charge on any atom is 0.328 e. The molecule has 1 aromatic carbocycles. The Kier molecular flexibility index (Phi) is 6.80. The summed E-state index contributed by atoms with van der Waals surface area (Å²) in [6.07, 6.45) is 5.32. The van der Waals surface area contributed by atoms with Crippen LogP contribution in [0.15, 0.2) is 53.9 Å². The number of nitrogens with zero attached hydrogens (tertiary/aromatic N) is 3. The Hall–Kier alpha value is -3.75. The quantitative estimate of drug-likeness (QED) is 0.688. The molecule has 1 aliphatic heterocycles. The molecule has 0 fully saturated rings. The number of hydrogen-bond donors (Lipinski definition) is 3. The van der Waals surface area contributed by atoms with Crippen molar-refractivity contribution in [2.45, 2.75) is 20.3 Å².